The summed E-state index contributed by atoms with van der Waals surface area (Å²) in [5, 5.41) is 10.2. The molecule has 2 rings (SSSR count). The minimum Gasteiger partial charge on any atom is -0.491 e. The maximum atomic E-state index is 11.6. The van der Waals surface area contributed by atoms with Gasteiger partial charge in [0.1, 0.15) is 18.5 Å². The van der Waals surface area contributed by atoms with Gasteiger partial charge >= 0.3 is 0 Å². The van der Waals surface area contributed by atoms with Gasteiger partial charge in [-0.05, 0) is 44.2 Å². The van der Waals surface area contributed by atoms with Gasteiger partial charge in [0, 0.05) is 24.6 Å². The van der Waals surface area contributed by atoms with E-state index in [1.165, 1.54) is 32.1 Å². The Kier molecular flexibility index (Phi) is 7.06. The van der Waals surface area contributed by atoms with Crippen LogP contribution in [0.3, 0.4) is 0 Å². The maximum absolute atomic E-state index is 11.6. The second-order valence-corrected chi connectivity index (χ2v) is 6.50. The van der Waals surface area contributed by atoms with Gasteiger partial charge in [-0.2, -0.15) is 0 Å². The van der Waals surface area contributed by atoms with Gasteiger partial charge in [0.05, 0.1) is 0 Å². The van der Waals surface area contributed by atoms with Gasteiger partial charge in [-0.25, -0.2) is 0 Å². The predicted molar refractivity (Wildman–Crippen MR) is 92.1 cm³/mol. The number of hydrogen-bond donors (Lipinski definition) is 1. The Hall–Kier alpha value is -1.39. The molecule has 0 unspecified atom stereocenters. The van der Waals surface area contributed by atoms with Crippen LogP contribution in [-0.4, -0.2) is 48.1 Å². The Morgan fingerprint density at radius 1 is 1.26 bits per heavy atom. The van der Waals surface area contributed by atoms with E-state index in [4.69, 9.17) is 4.74 Å². The smallest absolute Gasteiger partial charge is 0.162 e. The van der Waals surface area contributed by atoms with Gasteiger partial charge in [0.15, 0.2) is 5.78 Å². The molecule has 4 nitrogen and oxygen atoms in total. The van der Waals surface area contributed by atoms with Crippen LogP contribution in [0.15, 0.2) is 24.3 Å². The summed E-state index contributed by atoms with van der Waals surface area (Å²) in [6, 6.07) is 7.74. The Morgan fingerprint density at radius 3 is 2.52 bits per heavy atom. The SMILES string of the molecule is CCC(=O)c1ccc(OC[C@H](O)CN(C)C2CCCCC2)cc1. The standard InChI is InChI=1S/C19H29NO3/c1-3-19(22)15-9-11-18(12-10-15)23-14-17(21)13-20(2)16-7-5-4-6-8-16/h9-12,16-17,21H,3-8,13-14H2,1-2H3/t17-/m1/s1. The first-order chi connectivity index (χ1) is 11.1. The van der Waals surface area contributed by atoms with E-state index in [0.717, 1.165) is 0 Å². The molecule has 0 saturated heterocycles. The molecule has 0 spiro atoms. The molecule has 1 aliphatic carbocycles. The molecule has 1 atom stereocenters. The zero-order chi connectivity index (χ0) is 16.7. The summed E-state index contributed by atoms with van der Waals surface area (Å²) >= 11 is 0. The van der Waals surface area contributed by atoms with Gasteiger partial charge in [-0.3, -0.25) is 4.79 Å². The van der Waals surface area contributed by atoms with Crippen molar-refractivity contribution >= 4 is 5.78 Å². The average molecular weight is 319 g/mol. The number of aliphatic hydroxyl groups is 1. The first kappa shape index (κ1) is 18.0. The molecule has 1 N–H and O–H groups in total. The Bertz CT molecular complexity index is 480. The largest absolute Gasteiger partial charge is 0.491 e. The van der Waals surface area contributed by atoms with Crippen molar-refractivity contribution < 1.29 is 14.6 Å². The van der Waals surface area contributed by atoms with Crippen molar-refractivity contribution in [3.8, 4) is 5.75 Å². The summed E-state index contributed by atoms with van der Waals surface area (Å²) in [7, 11) is 2.09. The molecular formula is C19H29NO3. The Labute approximate surface area is 139 Å². The topological polar surface area (TPSA) is 49.8 Å². The van der Waals surface area contributed by atoms with Crippen molar-refractivity contribution in [1.82, 2.24) is 4.90 Å². The van der Waals surface area contributed by atoms with Crippen molar-refractivity contribution in [2.75, 3.05) is 20.2 Å². The highest BCUT2D eigenvalue weighted by Crippen LogP contribution is 2.21. The zero-order valence-electron chi connectivity index (χ0n) is 14.3. The minimum atomic E-state index is -0.501. The molecule has 1 aliphatic rings. The van der Waals surface area contributed by atoms with Crippen LogP contribution in [0, 0.1) is 0 Å². The van der Waals surface area contributed by atoms with Gasteiger partial charge in [-0.1, -0.05) is 26.2 Å². The number of benzene rings is 1. The van der Waals surface area contributed by atoms with Crippen LogP contribution in [0.25, 0.3) is 0 Å². The van der Waals surface area contributed by atoms with Gasteiger partial charge in [-0.15, -0.1) is 0 Å². The lowest BCUT2D eigenvalue weighted by molar-refractivity contribution is 0.0561. The number of Topliss-reactive ketones (excluding diaryl/α,β-unsaturated/α-hetero) is 1. The number of likely N-dealkylation sites (N-methyl/N-ethyl adjacent to an activating group) is 1. The summed E-state index contributed by atoms with van der Waals surface area (Å²) in [6.45, 7) is 2.77. The molecule has 0 aromatic heterocycles. The summed E-state index contributed by atoms with van der Waals surface area (Å²) < 4.78 is 5.64. The second-order valence-electron chi connectivity index (χ2n) is 6.50. The molecule has 1 aromatic carbocycles. The highest BCUT2D eigenvalue weighted by Gasteiger charge is 2.20. The van der Waals surface area contributed by atoms with E-state index < -0.39 is 6.10 Å². The molecule has 0 radical (unpaired) electrons. The fourth-order valence-electron chi connectivity index (χ4n) is 3.19. The van der Waals surface area contributed by atoms with Crippen LogP contribution >= 0.6 is 0 Å². The highest BCUT2D eigenvalue weighted by atomic mass is 16.5. The number of ether oxygens (including phenoxy) is 1. The molecule has 0 bridgehead atoms. The van der Waals surface area contributed by atoms with Crippen molar-refractivity contribution in [2.45, 2.75) is 57.6 Å². The molecule has 23 heavy (non-hydrogen) atoms. The monoisotopic (exact) mass is 319 g/mol. The van der Waals surface area contributed by atoms with Gasteiger partial charge in [0.2, 0.25) is 0 Å². The summed E-state index contributed by atoms with van der Waals surface area (Å²) in [5.74, 6) is 0.822. The number of ketones is 1. The molecule has 0 heterocycles. The Balaban J connectivity index is 1.75. The van der Waals surface area contributed by atoms with Crippen molar-refractivity contribution in [1.29, 1.82) is 0 Å². The quantitative estimate of drug-likeness (QED) is 0.747. The number of aliphatic hydroxyl groups excluding tert-OH is 1. The van der Waals surface area contributed by atoms with Crippen LogP contribution in [0.1, 0.15) is 55.8 Å². The lowest BCUT2D eigenvalue weighted by Gasteiger charge is -2.32. The fraction of sp³-hybridized carbons (Fsp3) is 0.632. The predicted octanol–water partition coefficient (Wildman–Crippen LogP) is 3.28. The molecule has 1 saturated carbocycles. The highest BCUT2D eigenvalue weighted by molar-refractivity contribution is 5.95. The molecule has 0 aliphatic heterocycles. The lowest BCUT2D eigenvalue weighted by atomic mass is 9.94. The third-order valence-corrected chi connectivity index (χ3v) is 4.64. The van der Waals surface area contributed by atoms with E-state index in [1.807, 2.05) is 6.92 Å². The number of carbonyl (C=O) groups excluding carboxylic acids is 1. The second kappa shape index (κ2) is 9.04. The normalized spacial score (nSPS) is 17.2. The molecule has 4 heteroatoms. The molecular weight excluding hydrogens is 290 g/mol. The first-order valence-corrected chi connectivity index (χ1v) is 8.74. The van der Waals surface area contributed by atoms with Crippen molar-refractivity contribution in [3.63, 3.8) is 0 Å². The van der Waals surface area contributed by atoms with Gasteiger partial charge < -0.3 is 14.7 Å². The van der Waals surface area contributed by atoms with E-state index in [-0.39, 0.29) is 12.4 Å². The third kappa shape index (κ3) is 5.63. The number of nitrogens with zero attached hydrogens (tertiary/aromatic N) is 1. The fourth-order valence-corrected chi connectivity index (χ4v) is 3.19. The summed E-state index contributed by atoms with van der Waals surface area (Å²) in [5.41, 5.74) is 0.706. The van der Waals surface area contributed by atoms with Crippen LogP contribution in [0.5, 0.6) is 5.75 Å². The van der Waals surface area contributed by atoms with Crippen LogP contribution in [0.2, 0.25) is 0 Å². The molecule has 1 aromatic rings. The number of hydrogen-bond acceptors (Lipinski definition) is 4. The Morgan fingerprint density at radius 2 is 1.91 bits per heavy atom. The van der Waals surface area contributed by atoms with E-state index in [0.29, 0.717) is 30.3 Å². The summed E-state index contributed by atoms with van der Waals surface area (Å²) in [6.07, 6.45) is 6.40. The first-order valence-electron chi connectivity index (χ1n) is 8.74. The molecule has 1 fully saturated rings. The van der Waals surface area contributed by atoms with Crippen LogP contribution in [-0.2, 0) is 0 Å². The average Bonchev–Trinajstić information content (AvgIpc) is 2.60. The third-order valence-electron chi connectivity index (χ3n) is 4.64. The maximum Gasteiger partial charge on any atom is 0.162 e. The van der Waals surface area contributed by atoms with Crippen LogP contribution < -0.4 is 4.74 Å². The van der Waals surface area contributed by atoms with Crippen molar-refractivity contribution in [3.05, 3.63) is 29.8 Å². The van der Waals surface area contributed by atoms with Crippen molar-refractivity contribution in [2.24, 2.45) is 0 Å². The van der Waals surface area contributed by atoms with E-state index in [2.05, 4.69) is 11.9 Å². The molecule has 0 amide bonds. The zero-order valence-corrected chi connectivity index (χ0v) is 14.3. The van der Waals surface area contributed by atoms with E-state index in [1.54, 1.807) is 24.3 Å². The summed E-state index contributed by atoms with van der Waals surface area (Å²) in [4.78, 5) is 13.8. The molecule has 128 valence electrons. The van der Waals surface area contributed by atoms with E-state index >= 15 is 0 Å². The minimum absolute atomic E-state index is 0.130. The van der Waals surface area contributed by atoms with Gasteiger partial charge in [0.25, 0.3) is 0 Å². The number of carbonyl (C=O) groups is 1. The lowest BCUT2D eigenvalue weighted by Crippen LogP contribution is -2.40. The van der Waals surface area contributed by atoms with Crippen LogP contribution in [0.4, 0.5) is 0 Å². The number of rotatable bonds is 8. The van der Waals surface area contributed by atoms with E-state index in [9.17, 15) is 9.90 Å².